The summed E-state index contributed by atoms with van der Waals surface area (Å²) in [7, 11) is 1.54. The summed E-state index contributed by atoms with van der Waals surface area (Å²) < 4.78 is 15.6. The van der Waals surface area contributed by atoms with E-state index in [1.54, 1.807) is 12.4 Å². The Balaban J connectivity index is 1.60. The van der Waals surface area contributed by atoms with Crippen LogP contribution in [0.25, 0.3) is 33.2 Å². The van der Waals surface area contributed by atoms with E-state index in [-0.39, 0.29) is 11.8 Å². The predicted octanol–water partition coefficient (Wildman–Crippen LogP) is 3.12. The Labute approximate surface area is 207 Å². The van der Waals surface area contributed by atoms with Crippen LogP contribution in [0.5, 0.6) is 0 Å². The van der Waals surface area contributed by atoms with Gasteiger partial charge in [0.15, 0.2) is 0 Å². The van der Waals surface area contributed by atoms with Gasteiger partial charge in [0.25, 0.3) is 11.8 Å². The summed E-state index contributed by atoms with van der Waals surface area (Å²) >= 11 is 0. The maximum absolute atomic E-state index is 13.5. The molecule has 9 nitrogen and oxygen atoms in total. The Kier molecular flexibility index (Phi) is 5.86. The lowest BCUT2D eigenvalue weighted by Crippen LogP contribution is -2.26. The second-order valence-corrected chi connectivity index (χ2v) is 9.07. The van der Waals surface area contributed by atoms with Crippen molar-refractivity contribution >= 4 is 45.0 Å². The number of rotatable bonds is 0. The number of aromatic nitrogens is 4. The molecule has 6 heterocycles. The van der Waals surface area contributed by atoms with Gasteiger partial charge in [-0.3, -0.25) is 14.5 Å². The smallest absolute Gasteiger partial charge is 0.261 e. The van der Waals surface area contributed by atoms with Gasteiger partial charge >= 0.3 is 0 Å². The molecule has 0 saturated heterocycles. The lowest BCUT2D eigenvalue weighted by atomic mass is 9.96. The van der Waals surface area contributed by atoms with Crippen molar-refractivity contribution in [2.24, 2.45) is 0 Å². The molecule has 4 aromatic rings. The summed E-state index contributed by atoms with van der Waals surface area (Å²) in [5.74, 6) is -0.623. The molecule has 0 aliphatic carbocycles. The molecule has 2 aliphatic heterocycles. The van der Waals surface area contributed by atoms with E-state index in [2.05, 4.69) is 9.97 Å². The van der Waals surface area contributed by atoms with E-state index in [4.69, 9.17) is 9.47 Å². The minimum absolute atomic E-state index is 0.311. The van der Waals surface area contributed by atoms with Crippen LogP contribution in [-0.4, -0.2) is 69.3 Å². The molecule has 2 aliphatic rings. The van der Waals surface area contributed by atoms with Crippen molar-refractivity contribution in [1.82, 2.24) is 24.0 Å². The second-order valence-electron chi connectivity index (χ2n) is 9.07. The highest BCUT2D eigenvalue weighted by atomic mass is 16.5. The van der Waals surface area contributed by atoms with Gasteiger partial charge < -0.3 is 18.6 Å². The van der Waals surface area contributed by atoms with Crippen molar-refractivity contribution in [2.75, 3.05) is 33.5 Å². The van der Waals surface area contributed by atoms with Crippen LogP contribution < -0.4 is 0 Å². The van der Waals surface area contributed by atoms with Crippen molar-refractivity contribution in [3.8, 4) is 0 Å². The standard InChI is InChI=1S/C27H27N5O4/c1-30-26(33)22-20-16-31(24-18(20)6-2-8-28-24)10-4-12-35-14-15-36-13-5-11-32-17-21(23(22)27(30)34)19-7-3-9-29-25(19)32/h2-3,6-9,16-17H,4-5,10-15H2,1H3. The zero-order chi connectivity index (χ0) is 24.6. The van der Waals surface area contributed by atoms with Gasteiger partial charge in [0.05, 0.1) is 24.4 Å². The molecule has 0 fully saturated rings. The van der Waals surface area contributed by atoms with Crippen LogP contribution in [0, 0.1) is 0 Å². The number of imide groups is 1. The van der Waals surface area contributed by atoms with Crippen molar-refractivity contribution in [2.45, 2.75) is 25.9 Å². The summed E-state index contributed by atoms with van der Waals surface area (Å²) in [6, 6.07) is 7.62. The summed E-state index contributed by atoms with van der Waals surface area (Å²) in [6.07, 6.45) is 8.96. The molecule has 36 heavy (non-hydrogen) atoms. The Bertz CT molecular complexity index is 1400. The minimum atomic E-state index is -0.311. The molecule has 0 atom stereocenters. The number of ether oxygens (including phenoxy) is 2. The normalized spacial score (nSPS) is 18.1. The largest absolute Gasteiger partial charge is 0.379 e. The second kappa shape index (κ2) is 9.33. The molecule has 0 unspecified atom stereocenters. The molecule has 0 N–H and O–H groups in total. The van der Waals surface area contributed by atoms with Gasteiger partial charge in [0, 0.05) is 80.0 Å². The van der Waals surface area contributed by atoms with E-state index in [0.717, 1.165) is 46.0 Å². The lowest BCUT2D eigenvalue weighted by molar-refractivity contribution is -0.134. The predicted molar refractivity (Wildman–Crippen MR) is 135 cm³/mol. The van der Waals surface area contributed by atoms with Crippen LogP contribution >= 0.6 is 0 Å². The van der Waals surface area contributed by atoms with E-state index >= 15 is 0 Å². The monoisotopic (exact) mass is 485 g/mol. The fourth-order valence-corrected chi connectivity index (χ4v) is 5.12. The molecule has 184 valence electrons. The number of amides is 2. The summed E-state index contributed by atoms with van der Waals surface area (Å²) in [4.78, 5) is 37.5. The van der Waals surface area contributed by atoms with Crippen LogP contribution in [0.3, 0.4) is 0 Å². The number of fused-ring (bicyclic) bond motifs is 12. The summed E-state index contributed by atoms with van der Waals surface area (Å²) in [5.41, 5.74) is 3.80. The fourth-order valence-electron chi connectivity index (χ4n) is 5.12. The first-order valence-corrected chi connectivity index (χ1v) is 12.3. The zero-order valence-electron chi connectivity index (χ0n) is 20.1. The first-order chi connectivity index (χ1) is 17.6. The highest BCUT2D eigenvalue weighted by molar-refractivity contribution is 6.50. The van der Waals surface area contributed by atoms with E-state index in [9.17, 15) is 9.59 Å². The number of carbonyl (C=O) groups is 2. The molecule has 0 radical (unpaired) electrons. The number of carbonyl (C=O) groups excluding carboxylic acids is 2. The maximum atomic E-state index is 13.5. The van der Waals surface area contributed by atoms with E-state index in [1.165, 1.54) is 11.9 Å². The molecule has 0 spiro atoms. The maximum Gasteiger partial charge on any atom is 0.261 e. The van der Waals surface area contributed by atoms with E-state index in [0.29, 0.717) is 50.7 Å². The Morgan fingerprint density at radius 2 is 1.19 bits per heavy atom. The quantitative estimate of drug-likeness (QED) is 0.356. The van der Waals surface area contributed by atoms with Crippen LogP contribution in [0.4, 0.5) is 0 Å². The van der Waals surface area contributed by atoms with Gasteiger partial charge in [0.2, 0.25) is 0 Å². The van der Waals surface area contributed by atoms with Gasteiger partial charge in [-0.2, -0.15) is 0 Å². The van der Waals surface area contributed by atoms with Crippen LogP contribution in [0.2, 0.25) is 0 Å². The topological polar surface area (TPSA) is 91.5 Å². The number of nitrogens with zero attached hydrogens (tertiary/aromatic N) is 5. The van der Waals surface area contributed by atoms with Crippen molar-refractivity contribution in [1.29, 1.82) is 0 Å². The third-order valence-corrected chi connectivity index (χ3v) is 6.84. The third kappa shape index (κ3) is 3.71. The van der Waals surface area contributed by atoms with Gasteiger partial charge in [-0.1, -0.05) is 0 Å². The number of hydrogen-bond donors (Lipinski definition) is 0. The van der Waals surface area contributed by atoms with Crippen molar-refractivity contribution in [3.63, 3.8) is 0 Å². The number of likely N-dealkylation sites (N-methyl/N-ethyl adjacent to an activating group) is 1. The summed E-state index contributed by atoms with van der Waals surface area (Å²) in [5, 5.41) is 1.69. The summed E-state index contributed by atoms with van der Waals surface area (Å²) in [6.45, 7) is 3.65. The van der Waals surface area contributed by atoms with Crippen molar-refractivity contribution in [3.05, 3.63) is 60.2 Å². The highest BCUT2D eigenvalue weighted by Gasteiger charge is 2.39. The van der Waals surface area contributed by atoms with Gasteiger partial charge in [-0.15, -0.1) is 0 Å². The lowest BCUT2D eigenvalue weighted by Gasteiger charge is -2.08. The average molecular weight is 486 g/mol. The van der Waals surface area contributed by atoms with Crippen LogP contribution in [0.1, 0.15) is 24.0 Å². The van der Waals surface area contributed by atoms with Crippen LogP contribution in [-0.2, 0) is 32.2 Å². The molecule has 9 heteroatoms. The SMILES string of the molecule is CN1C(=O)C2=C(C1=O)c1cn(c3ncccc13)CCCOCCOCCCn1cc2c2cccnc21. The molecule has 6 rings (SSSR count). The van der Waals surface area contributed by atoms with Gasteiger partial charge in [-0.05, 0) is 37.1 Å². The third-order valence-electron chi connectivity index (χ3n) is 6.84. The zero-order valence-corrected chi connectivity index (χ0v) is 20.1. The van der Waals surface area contributed by atoms with E-state index < -0.39 is 0 Å². The van der Waals surface area contributed by atoms with Crippen molar-refractivity contribution < 1.29 is 19.1 Å². The highest BCUT2D eigenvalue weighted by Crippen LogP contribution is 2.40. The fraction of sp³-hybridized carbons (Fsp3) is 0.333. The molecular weight excluding hydrogens is 458 g/mol. The Hall–Kier alpha value is -3.82. The first-order valence-electron chi connectivity index (χ1n) is 12.3. The van der Waals surface area contributed by atoms with Gasteiger partial charge in [0.1, 0.15) is 11.3 Å². The van der Waals surface area contributed by atoms with Crippen LogP contribution in [0.15, 0.2) is 49.1 Å². The molecular formula is C27H27N5O4. The molecule has 4 aromatic heterocycles. The van der Waals surface area contributed by atoms with E-state index in [1.807, 2.05) is 45.8 Å². The first kappa shape index (κ1) is 22.6. The molecule has 2 amide bonds. The molecule has 4 bridgehead atoms. The Morgan fingerprint density at radius 3 is 1.67 bits per heavy atom. The number of pyridine rings is 2. The molecule has 0 aromatic carbocycles. The van der Waals surface area contributed by atoms with Gasteiger partial charge in [-0.25, -0.2) is 9.97 Å². The molecule has 0 saturated carbocycles. The Morgan fingerprint density at radius 1 is 0.722 bits per heavy atom. The number of hydrogen-bond acceptors (Lipinski definition) is 6. The number of aryl methyl sites for hydroxylation is 2. The average Bonchev–Trinajstić information content (AvgIpc) is 3.51. The minimum Gasteiger partial charge on any atom is -0.379 e.